The van der Waals surface area contributed by atoms with Gasteiger partial charge in [-0.05, 0) is 0 Å². The molecule has 0 radical (unpaired) electrons. The van der Waals surface area contributed by atoms with Crippen LogP contribution in [0.2, 0.25) is 17.3 Å². The quantitative estimate of drug-likeness (QED) is 0.299. The Morgan fingerprint density at radius 1 is 0.724 bits per heavy atom. The topological polar surface area (TPSA) is 17.8 Å². The van der Waals surface area contributed by atoms with Crippen molar-refractivity contribution < 1.29 is 0 Å². The van der Waals surface area contributed by atoms with Gasteiger partial charge in [0.2, 0.25) is 0 Å². The molecule has 0 amide bonds. The van der Waals surface area contributed by atoms with Gasteiger partial charge in [-0.15, -0.1) is 0 Å². The molecule has 0 N–H and O–H groups in total. The summed E-state index contributed by atoms with van der Waals surface area (Å²) in [4.78, 5) is 4.83. The number of para-hydroxylation sites is 2. The molecule has 0 aliphatic heterocycles. The van der Waals surface area contributed by atoms with Crippen molar-refractivity contribution in [3.8, 4) is 16.9 Å². The fourth-order valence-electron chi connectivity index (χ4n) is 4.18. The number of fused-ring (bicyclic) bond motifs is 3. The fourth-order valence-corrected chi connectivity index (χ4v) is 7.44. The van der Waals surface area contributed by atoms with E-state index in [4.69, 9.17) is 4.98 Å². The summed E-state index contributed by atoms with van der Waals surface area (Å²) in [5, 5.41) is 2.52. The Kier molecular flexibility index (Phi) is 4.32. The number of benzene rings is 3. The van der Waals surface area contributed by atoms with E-state index in [-0.39, 0.29) is 0 Å². The number of hydrogen-bond acceptors (Lipinski definition) is 1. The Morgan fingerprint density at radius 3 is 2.10 bits per heavy atom. The molecule has 5 aromatic rings. The van der Waals surface area contributed by atoms with Crippen molar-refractivity contribution in [2.75, 3.05) is 0 Å². The van der Waals surface area contributed by atoms with Gasteiger partial charge in [0.05, 0.1) is 0 Å². The molecule has 0 bridgehead atoms. The first-order valence-electron chi connectivity index (χ1n) is 10.1. The van der Waals surface area contributed by atoms with Crippen molar-refractivity contribution in [3.63, 3.8) is 0 Å². The third kappa shape index (κ3) is 3.08. The summed E-state index contributed by atoms with van der Waals surface area (Å²) >= 11 is -2.10. The molecule has 5 rings (SSSR count). The number of hydrogen-bond donors (Lipinski definition) is 0. The molecule has 0 unspecified atom stereocenters. The van der Waals surface area contributed by atoms with Gasteiger partial charge < -0.3 is 0 Å². The molecule has 142 valence electrons. The molecule has 0 saturated heterocycles. The van der Waals surface area contributed by atoms with Gasteiger partial charge in [-0.25, -0.2) is 0 Å². The first-order chi connectivity index (χ1) is 14.0. The van der Waals surface area contributed by atoms with Gasteiger partial charge in [-0.1, -0.05) is 0 Å². The number of aromatic nitrogens is 2. The van der Waals surface area contributed by atoms with Crippen molar-refractivity contribution in [1.29, 1.82) is 0 Å². The predicted molar refractivity (Wildman–Crippen MR) is 127 cm³/mol. The van der Waals surface area contributed by atoms with Crippen molar-refractivity contribution in [1.82, 2.24) is 9.55 Å². The molecule has 2 heterocycles. The Hall–Kier alpha value is -2.85. The van der Waals surface area contributed by atoms with Crippen LogP contribution in [0, 0.1) is 0 Å². The molecule has 0 aliphatic carbocycles. The van der Waals surface area contributed by atoms with Crippen LogP contribution in [0.4, 0.5) is 0 Å². The van der Waals surface area contributed by atoms with Gasteiger partial charge in [0.25, 0.3) is 0 Å². The second kappa shape index (κ2) is 6.89. The van der Waals surface area contributed by atoms with E-state index < -0.39 is 13.3 Å². The fraction of sp³-hybridized carbons (Fsp3) is 0.115. The van der Waals surface area contributed by atoms with Gasteiger partial charge in [0.1, 0.15) is 0 Å². The van der Waals surface area contributed by atoms with Crippen LogP contribution in [0.3, 0.4) is 0 Å². The zero-order valence-corrected chi connectivity index (χ0v) is 19.2. The summed E-state index contributed by atoms with van der Waals surface area (Å²) in [6.45, 7) is 0. The van der Waals surface area contributed by atoms with Gasteiger partial charge in [0.15, 0.2) is 0 Å². The number of rotatable bonds is 3. The van der Waals surface area contributed by atoms with Crippen LogP contribution in [-0.4, -0.2) is 22.8 Å². The third-order valence-corrected chi connectivity index (χ3v) is 9.80. The van der Waals surface area contributed by atoms with Gasteiger partial charge in [-0.3, -0.25) is 0 Å². The van der Waals surface area contributed by atoms with Gasteiger partial charge in [0, 0.05) is 0 Å². The summed E-state index contributed by atoms with van der Waals surface area (Å²) in [6.07, 6.45) is 2.05. The van der Waals surface area contributed by atoms with Crippen molar-refractivity contribution in [3.05, 3.63) is 91.1 Å². The van der Waals surface area contributed by atoms with E-state index in [9.17, 15) is 0 Å². The molecule has 0 spiro atoms. The molecule has 0 saturated carbocycles. The molecular formula is C26H24GeN2. The van der Waals surface area contributed by atoms with Gasteiger partial charge in [-0.2, -0.15) is 0 Å². The van der Waals surface area contributed by atoms with Crippen LogP contribution in [0.15, 0.2) is 91.1 Å². The molecule has 29 heavy (non-hydrogen) atoms. The van der Waals surface area contributed by atoms with E-state index in [2.05, 4.69) is 107 Å². The van der Waals surface area contributed by atoms with Crippen LogP contribution >= 0.6 is 0 Å². The monoisotopic (exact) mass is 438 g/mol. The average Bonchev–Trinajstić information content (AvgIpc) is 3.08. The summed E-state index contributed by atoms with van der Waals surface area (Å²) in [5.41, 5.74) is 5.94. The SMILES string of the molecule is [CH3][Ge]([CH3])([CH3])[c]1cccc2c3cnc(-c4ccccc4)cc3n(-c3ccccc3)c12. The second-order valence-electron chi connectivity index (χ2n) is 8.58. The summed E-state index contributed by atoms with van der Waals surface area (Å²) < 4.78 is 3.98. The van der Waals surface area contributed by atoms with E-state index in [1.807, 2.05) is 6.07 Å². The zero-order valence-electron chi connectivity index (χ0n) is 17.1. The van der Waals surface area contributed by atoms with E-state index in [1.54, 1.807) is 0 Å². The maximum atomic E-state index is 4.83. The first-order valence-corrected chi connectivity index (χ1v) is 17.4. The van der Waals surface area contributed by atoms with Crippen molar-refractivity contribution in [2.24, 2.45) is 0 Å². The van der Waals surface area contributed by atoms with E-state index >= 15 is 0 Å². The molecule has 2 nitrogen and oxygen atoms in total. The Morgan fingerprint density at radius 2 is 1.41 bits per heavy atom. The van der Waals surface area contributed by atoms with Crippen LogP contribution in [-0.2, 0) is 0 Å². The molecular weight excluding hydrogens is 413 g/mol. The average molecular weight is 437 g/mol. The molecule has 0 fully saturated rings. The van der Waals surface area contributed by atoms with Crippen LogP contribution < -0.4 is 4.40 Å². The summed E-state index contributed by atoms with van der Waals surface area (Å²) in [7, 11) is 0. The van der Waals surface area contributed by atoms with Crippen LogP contribution in [0.25, 0.3) is 38.8 Å². The Labute approximate surface area is 174 Å². The standard InChI is InChI=1S/C26H24GeN2/c1-27(2,3)23-16-10-15-21-22-18-28-24(19-11-6-4-7-12-19)17-25(22)29(26(21)23)20-13-8-5-9-14-20/h4-18H,1-3H3. The van der Waals surface area contributed by atoms with Crippen molar-refractivity contribution >= 4 is 39.5 Å². The molecule has 0 aliphatic rings. The molecule has 3 aromatic carbocycles. The number of pyridine rings is 1. The predicted octanol–water partition coefficient (Wildman–Crippen LogP) is 6.39. The van der Waals surface area contributed by atoms with E-state index in [0.717, 1.165) is 11.3 Å². The number of nitrogens with zero attached hydrogens (tertiary/aromatic N) is 2. The van der Waals surface area contributed by atoms with Crippen LogP contribution in [0.1, 0.15) is 0 Å². The minimum absolute atomic E-state index is 1.01. The Bertz CT molecular complexity index is 1310. The van der Waals surface area contributed by atoms with E-state index in [0.29, 0.717) is 0 Å². The minimum atomic E-state index is -2.10. The molecule has 3 heteroatoms. The van der Waals surface area contributed by atoms with Crippen LogP contribution in [0.5, 0.6) is 0 Å². The Balaban J connectivity index is 1.94. The summed E-state index contributed by atoms with van der Waals surface area (Å²) in [5.74, 6) is 7.40. The zero-order chi connectivity index (χ0) is 20.0. The summed E-state index contributed by atoms with van der Waals surface area (Å²) in [6, 6.07) is 30.2. The second-order valence-corrected chi connectivity index (χ2v) is 19.1. The van der Waals surface area contributed by atoms with Gasteiger partial charge >= 0.3 is 174 Å². The maximum absolute atomic E-state index is 4.83. The molecule has 2 aromatic heterocycles. The normalized spacial score (nSPS) is 12.0. The molecule has 0 atom stereocenters. The van der Waals surface area contributed by atoms with E-state index in [1.165, 1.54) is 31.9 Å². The first kappa shape index (κ1) is 18.2. The van der Waals surface area contributed by atoms with Crippen molar-refractivity contribution in [2.45, 2.75) is 17.3 Å². The third-order valence-electron chi connectivity index (χ3n) is 5.56.